The lowest BCUT2D eigenvalue weighted by Crippen LogP contribution is -2.51. The van der Waals surface area contributed by atoms with Crippen molar-refractivity contribution in [1.29, 1.82) is 0 Å². The maximum absolute atomic E-state index is 11.3. The zero-order chi connectivity index (χ0) is 18.6. The first-order chi connectivity index (χ1) is 12.5. The highest BCUT2D eigenvalue weighted by atomic mass is 28.3. The van der Waals surface area contributed by atoms with E-state index in [0.717, 1.165) is 12.0 Å². The van der Waals surface area contributed by atoms with Crippen LogP contribution in [0.2, 0.25) is 0 Å². The molecule has 0 N–H and O–H groups in total. The largest absolute Gasteiger partial charge is 0.296 e. The number of benzene rings is 2. The van der Waals surface area contributed by atoms with Crippen molar-refractivity contribution in [3.8, 4) is 0 Å². The van der Waals surface area contributed by atoms with Gasteiger partial charge in [0.1, 0.15) is 14.5 Å². The molecule has 0 spiro atoms. The van der Waals surface area contributed by atoms with E-state index in [-0.39, 0.29) is 11.0 Å². The zero-order valence-corrected chi connectivity index (χ0v) is 16.7. The van der Waals surface area contributed by atoms with Gasteiger partial charge in [-0.15, -0.1) is 0 Å². The van der Waals surface area contributed by atoms with E-state index in [2.05, 4.69) is 87.5 Å². The molecule has 2 nitrogen and oxygen atoms in total. The molecule has 1 aromatic heterocycles. The molecule has 0 amide bonds. The summed E-state index contributed by atoms with van der Waals surface area (Å²) in [6.07, 6.45) is 0.838. The van der Waals surface area contributed by atoms with E-state index < -0.39 is 8.80 Å². The van der Waals surface area contributed by atoms with Crippen molar-refractivity contribution < 1.29 is 4.79 Å². The first-order valence-corrected chi connectivity index (χ1v) is 10.8. The molecule has 0 saturated heterocycles. The summed E-state index contributed by atoms with van der Waals surface area (Å²) in [7, 11) is -1.63. The molecule has 3 heteroatoms. The van der Waals surface area contributed by atoms with Gasteiger partial charge in [0.2, 0.25) is 0 Å². The molecule has 26 heavy (non-hydrogen) atoms. The number of pyridine rings is 1. The van der Waals surface area contributed by atoms with Crippen molar-refractivity contribution in [3.63, 3.8) is 0 Å². The Bertz CT molecular complexity index is 817. The standard InChI is InChI=1S/C23H25NOSi/c1-23(2,3)22(21-16-10-11-18(17-25)24-21)26(19-12-6-4-7-13-19)20-14-8-5-9-15-20/h4-17,22,26H,1-3H3. The summed E-state index contributed by atoms with van der Waals surface area (Å²) >= 11 is 0. The van der Waals surface area contributed by atoms with E-state index >= 15 is 0 Å². The molecule has 3 rings (SSSR count). The van der Waals surface area contributed by atoms with Gasteiger partial charge in [-0.3, -0.25) is 9.78 Å². The van der Waals surface area contributed by atoms with Crippen LogP contribution in [0.25, 0.3) is 0 Å². The first kappa shape index (κ1) is 18.3. The lowest BCUT2D eigenvalue weighted by Gasteiger charge is -2.37. The summed E-state index contributed by atoms with van der Waals surface area (Å²) in [5.41, 5.74) is 1.82. The fourth-order valence-electron chi connectivity index (χ4n) is 3.72. The van der Waals surface area contributed by atoms with Crippen LogP contribution in [-0.4, -0.2) is 20.1 Å². The topological polar surface area (TPSA) is 30.0 Å². The van der Waals surface area contributed by atoms with Crippen molar-refractivity contribution >= 4 is 25.5 Å². The Kier molecular flexibility index (Phi) is 5.48. The summed E-state index contributed by atoms with van der Waals surface area (Å²) in [4.78, 5) is 16.0. The van der Waals surface area contributed by atoms with Gasteiger partial charge in [-0.1, -0.05) is 97.9 Å². The molecule has 1 heterocycles. The van der Waals surface area contributed by atoms with Crippen LogP contribution in [0.5, 0.6) is 0 Å². The highest BCUT2D eigenvalue weighted by molar-refractivity contribution is 6.86. The van der Waals surface area contributed by atoms with Gasteiger partial charge in [0, 0.05) is 11.2 Å². The van der Waals surface area contributed by atoms with E-state index in [1.165, 1.54) is 10.4 Å². The van der Waals surface area contributed by atoms with Crippen LogP contribution in [0.1, 0.15) is 42.5 Å². The Labute approximate surface area is 157 Å². The van der Waals surface area contributed by atoms with Gasteiger partial charge in [0.05, 0.1) is 0 Å². The highest BCUT2D eigenvalue weighted by Gasteiger charge is 2.37. The van der Waals surface area contributed by atoms with Crippen molar-refractivity contribution in [2.24, 2.45) is 5.41 Å². The summed E-state index contributed by atoms with van der Waals surface area (Å²) in [6.45, 7) is 6.83. The summed E-state index contributed by atoms with van der Waals surface area (Å²) < 4.78 is 0. The molecule has 0 fully saturated rings. The smallest absolute Gasteiger partial charge is 0.168 e. The fraction of sp³-hybridized carbons (Fsp3) is 0.217. The molecular weight excluding hydrogens is 334 g/mol. The molecule has 2 aromatic carbocycles. The minimum Gasteiger partial charge on any atom is -0.296 e. The average Bonchev–Trinajstić information content (AvgIpc) is 2.66. The van der Waals surface area contributed by atoms with Gasteiger partial charge >= 0.3 is 0 Å². The van der Waals surface area contributed by atoms with Crippen LogP contribution < -0.4 is 10.4 Å². The molecule has 0 bridgehead atoms. The Balaban J connectivity index is 2.21. The number of hydrogen-bond acceptors (Lipinski definition) is 2. The second-order valence-electron chi connectivity index (χ2n) is 7.75. The van der Waals surface area contributed by atoms with Gasteiger partial charge in [-0.25, -0.2) is 0 Å². The highest BCUT2D eigenvalue weighted by Crippen LogP contribution is 2.36. The van der Waals surface area contributed by atoms with Crippen molar-refractivity contribution in [1.82, 2.24) is 4.98 Å². The van der Waals surface area contributed by atoms with Gasteiger partial charge in [0.15, 0.2) is 6.29 Å². The van der Waals surface area contributed by atoms with Crippen LogP contribution in [0.3, 0.4) is 0 Å². The maximum Gasteiger partial charge on any atom is 0.168 e. The molecule has 1 unspecified atom stereocenters. The third-order valence-corrected chi connectivity index (χ3v) is 9.03. The molecule has 132 valence electrons. The van der Waals surface area contributed by atoms with Crippen LogP contribution in [-0.2, 0) is 0 Å². The second-order valence-corrected chi connectivity index (χ2v) is 10.7. The van der Waals surface area contributed by atoms with Gasteiger partial charge in [-0.2, -0.15) is 0 Å². The van der Waals surface area contributed by atoms with Crippen LogP contribution in [0.15, 0.2) is 78.9 Å². The van der Waals surface area contributed by atoms with Crippen LogP contribution in [0, 0.1) is 5.41 Å². The van der Waals surface area contributed by atoms with E-state index in [9.17, 15) is 4.79 Å². The number of carbonyl (C=O) groups is 1. The molecule has 0 aliphatic rings. The van der Waals surface area contributed by atoms with Gasteiger partial charge in [0.25, 0.3) is 0 Å². The predicted octanol–water partition coefficient (Wildman–Crippen LogP) is 3.60. The number of hydrogen-bond donors (Lipinski definition) is 0. The number of aromatic nitrogens is 1. The summed E-state index contributed by atoms with van der Waals surface area (Å²) in [6, 6.07) is 27.4. The van der Waals surface area contributed by atoms with E-state index in [1.807, 2.05) is 6.07 Å². The van der Waals surface area contributed by atoms with Crippen molar-refractivity contribution in [3.05, 3.63) is 90.3 Å². The van der Waals surface area contributed by atoms with E-state index in [4.69, 9.17) is 4.98 Å². The number of aldehydes is 1. The number of rotatable bonds is 5. The lowest BCUT2D eigenvalue weighted by atomic mass is 9.89. The third-order valence-electron chi connectivity index (χ3n) is 4.82. The Morgan fingerprint density at radius 2 is 1.35 bits per heavy atom. The van der Waals surface area contributed by atoms with Crippen molar-refractivity contribution in [2.75, 3.05) is 0 Å². The summed E-state index contributed by atoms with van der Waals surface area (Å²) in [5.74, 6) is 0. The fourth-order valence-corrected chi connectivity index (χ4v) is 7.68. The quantitative estimate of drug-likeness (QED) is 0.515. The second kappa shape index (κ2) is 7.79. The number of carbonyl (C=O) groups excluding carboxylic acids is 1. The van der Waals surface area contributed by atoms with E-state index in [0.29, 0.717) is 5.69 Å². The normalized spacial score (nSPS) is 12.8. The molecule has 1 atom stereocenters. The monoisotopic (exact) mass is 359 g/mol. The Morgan fingerprint density at radius 3 is 1.81 bits per heavy atom. The maximum atomic E-state index is 11.3. The Morgan fingerprint density at radius 1 is 0.808 bits per heavy atom. The minimum atomic E-state index is -1.63. The number of nitrogens with zero attached hydrogens (tertiary/aromatic N) is 1. The lowest BCUT2D eigenvalue weighted by molar-refractivity contribution is 0.111. The summed E-state index contributed by atoms with van der Waals surface area (Å²) in [5, 5.41) is 2.80. The SMILES string of the molecule is CC(C)(C)C(c1cccc(C=O)n1)[SiH](c1ccccc1)c1ccccc1. The molecule has 0 saturated carbocycles. The van der Waals surface area contributed by atoms with Crippen LogP contribution in [0.4, 0.5) is 0 Å². The minimum absolute atomic E-state index is 0.0249. The van der Waals surface area contributed by atoms with Crippen LogP contribution >= 0.6 is 0 Å². The Hall–Kier alpha value is -2.52. The molecule has 0 radical (unpaired) electrons. The molecule has 3 aromatic rings. The first-order valence-electron chi connectivity index (χ1n) is 9.03. The van der Waals surface area contributed by atoms with Crippen molar-refractivity contribution in [2.45, 2.75) is 26.3 Å². The van der Waals surface area contributed by atoms with Gasteiger partial charge < -0.3 is 0 Å². The van der Waals surface area contributed by atoms with E-state index in [1.54, 1.807) is 6.07 Å². The molecule has 0 aliphatic carbocycles. The third kappa shape index (κ3) is 4.00. The molecular formula is C23H25NOSi. The average molecular weight is 360 g/mol. The molecule has 0 aliphatic heterocycles. The predicted molar refractivity (Wildman–Crippen MR) is 111 cm³/mol. The zero-order valence-electron chi connectivity index (χ0n) is 15.6. The van der Waals surface area contributed by atoms with Gasteiger partial charge in [-0.05, 0) is 17.5 Å².